The van der Waals surface area contributed by atoms with Gasteiger partial charge in [-0.3, -0.25) is 4.90 Å². The fourth-order valence-electron chi connectivity index (χ4n) is 3.93. The van der Waals surface area contributed by atoms with Crippen LogP contribution in [0.5, 0.6) is 0 Å². The zero-order valence-electron chi connectivity index (χ0n) is 12.9. The number of hydrogen-bond donors (Lipinski definition) is 1. The van der Waals surface area contributed by atoms with Gasteiger partial charge in [-0.15, -0.1) is 0 Å². The van der Waals surface area contributed by atoms with Crippen LogP contribution in [0.15, 0.2) is 30.3 Å². The van der Waals surface area contributed by atoms with Crippen molar-refractivity contribution in [3.8, 4) is 0 Å². The Balaban J connectivity index is 1.50. The highest BCUT2D eigenvalue weighted by atomic mass is 16.5. The Kier molecular flexibility index (Phi) is 5.28. The summed E-state index contributed by atoms with van der Waals surface area (Å²) in [5.74, 6) is 1.49. The van der Waals surface area contributed by atoms with Crippen molar-refractivity contribution in [2.75, 3.05) is 32.8 Å². The Hall–Kier alpha value is -0.900. The summed E-state index contributed by atoms with van der Waals surface area (Å²) in [6.45, 7) is 5.01. The number of ether oxygens (including phenoxy) is 1. The summed E-state index contributed by atoms with van der Waals surface area (Å²) in [6.07, 6.45) is 5.03. The van der Waals surface area contributed by atoms with E-state index in [4.69, 9.17) is 10.5 Å². The van der Waals surface area contributed by atoms with Gasteiger partial charge in [0.15, 0.2) is 0 Å². The summed E-state index contributed by atoms with van der Waals surface area (Å²) in [7, 11) is 0. The first-order valence-corrected chi connectivity index (χ1v) is 8.42. The van der Waals surface area contributed by atoms with Crippen molar-refractivity contribution in [3.05, 3.63) is 35.9 Å². The van der Waals surface area contributed by atoms with Gasteiger partial charge >= 0.3 is 0 Å². The lowest BCUT2D eigenvalue weighted by Crippen LogP contribution is -2.49. The third-order valence-electron chi connectivity index (χ3n) is 5.24. The molecule has 116 valence electrons. The Labute approximate surface area is 128 Å². The van der Waals surface area contributed by atoms with E-state index >= 15 is 0 Å². The number of nitrogens with zero attached hydrogens (tertiary/aromatic N) is 1. The molecule has 3 heteroatoms. The van der Waals surface area contributed by atoms with Crippen LogP contribution in [-0.2, 0) is 11.2 Å². The third kappa shape index (κ3) is 3.85. The first kappa shape index (κ1) is 15.0. The van der Waals surface area contributed by atoms with Gasteiger partial charge in [0.1, 0.15) is 0 Å². The van der Waals surface area contributed by atoms with Crippen molar-refractivity contribution in [1.29, 1.82) is 0 Å². The molecule has 2 fully saturated rings. The average Bonchev–Trinajstić information content (AvgIpc) is 3.05. The molecule has 0 radical (unpaired) electrons. The zero-order valence-corrected chi connectivity index (χ0v) is 12.9. The molecule has 2 heterocycles. The maximum Gasteiger partial charge on any atom is 0.0510 e. The highest BCUT2D eigenvalue weighted by molar-refractivity contribution is 5.15. The molecule has 0 aromatic heterocycles. The van der Waals surface area contributed by atoms with E-state index in [9.17, 15) is 0 Å². The van der Waals surface area contributed by atoms with E-state index in [2.05, 4.69) is 35.2 Å². The standard InChI is InChI=1S/C18H28N2O/c19-13-18(17-8-11-21-14-17)20-9-6-16(7-10-20)12-15-4-2-1-3-5-15/h1-5,16-18H,6-14,19H2. The lowest BCUT2D eigenvalue weighted by atomic mass is 9.88. The van der Waals surface area contributed by atoms with Crippen LogP contribution in [0, 0.1) is 11.8 Å². The monoisotopic (exact) mass is 288 g/mol. The van der Waals surface area contributed by atoms with Crippen molar-refractivity contribution in [2.24, 2.45) is 17.6 Å². The first-order valence-electron chi connectivity index (χ1n) is 8.42. The number of piperidine rings is 1. The normalized spacial score (nSPS) is 26.0. The minimum absolute atomic E-state index is 0.533. The quantitative estimate of drug-likeness (QED) is 0.903. The molecule has 0 bridgehead atoms. The molecule has 2 saturated heterocycles. The zero-order chi connectivity index (χ0) is 14.5. The highest BCUT2D eigenvalue weighted by Crippen LogP contribution is 2.27. The van der Waals surface area contributed by atoms with Gasteiger partial charge < -0.3 is 10.5 Å². The minimum atomic E-state index is 0.533. The third-order valence-corrected chi connectivity index (χ3v) is 5.24. The lowest BCUT2D eigenvalue weighted by Gasteiger charge is -2.39. The van der Waals surface area contributed by atoms with E-state index in [1.165, 1.54) is 44.3 Å². The van der Waals surface area contributed by atoms with Gasteiger partial charge in [-0.25, -0.2) is 0 Å². The molecule has 0 amide bonds. The molecule has 0 spiro atoms. The van der Waals surface area contributed by atoms with Crippen LogP contribution >= 0.6 is 0 Å². The molecular weight excluding hydrogens is 260 g/mol. The minimum Gasteiger partial charge on any atom is -0.381 e. The van der Waals surface area contributed by atoms with E-state index in [-0.39, 0.29) is 0 Å². The van der Waals surface area contributed by atoms with Crippen LogP contribution in [0.4, 0.5) is 0 Å². The van der Waals surface area contributed by atoms with Gasteiger partial charge in [-0.1, -0.05) is 30.3 Å². The molecular formula is C18H28N2O. The Bertz CT molecular complexity index is 408. The molecule has 0 aliphatic carbocycles. The summed E-state index contributed by atoms with van der Waals surface area (Å²) in [4.78, 5) is 2.63. The summed E-state index contributed by atoms with van der Waals surface area (Å²) < 4.78 is 5.55. The predicted molar refractivity (Wildman–Crippen MR) is 86.2 cm³/mol. The van der Waals surface area contributed by atoms with Crippen LogP contribution < -0.4 is 5.73 Å². The molecule has 2 aliphatic heterocycles. The van der Waals surface area contributed by atoms with Crippen LogP contribution in [0.3, 0.4) is 0 Å². The van der Waals surface area contributed by atoms with Crippen LogP contribution in [-0.4, -0.2) is 43.8 Å². The summed E-state index contributed by atoms with van der Waals surface area (Å²) >= 11 is 0. The highest BCUT2D eigenvalue weighted by Gasteiger charge is 2.31. The molecule has 2 aliphatic rings. The molecule has 1 aromatic rings. The van der Waals surface area contributed by atoms with Crippen molar-refractivity contribution in [3.63, 3.8) is 0 Å². The molecule has 1 aromatic carbocycles. The molecule has 2 N–H and O–H groups in total. The van der Waals surface area contributed by atoms with E-state index < -0.39 is 0 Å². The van der Waals surface area contributed by atoms with Crippen molar-refractivity contribution in [1.82, 2.24) is 4.90 Å². The maximum absolute atomic E-state index is 6.04. The SMILES string of the molecule is NCC(C1CCOC1)N1CCC(Cc2ccccc2)CC1. The molecule has 3 rings (SSSR count). The number of nitrogens with two attached hydrogens (primary N) is 1. The number of hydrogen-bond acceptors (Lipinski definition) is 3. The largest absolute Gasteiger partial charge is 0.381 e. The Morgan fingerprint density at radius 3 is 2.52 bits per heavy atom. The summed E-state index contributed by atoms with van der Waals surface area (Å²) in [6, 6.07) is 11.4. The number of likely N-dealkylation sites (tertiary alicyclic amines) is 1. The van der Waals surface area contributed by atoms with Crippen LogP contribution in [0.25, 0.3) is 0 Å². The first-order chi connectivity index (χ1) is 10.4. The Morgan fingerprint density at radius 1 is 1.14 bits per heavy atom. The average molecular weight is 288 g/mol. The van der Waals surface area contributed by atoms with Gasteiger partial charge in [0.2, 0.25) is 0 Å². The summed E-state index contributed by atoms with van der Waals surface area (Å²) in [5, 5.41) is 0. The van der Waals surface area contributed by atoms with E-state index in [0.29, 0.717) is 12.0 Å². The number of benzene rings is 1. The lowest BCUT2D eigenvalue weighted by molar-refractivity contribution is 0.0882. The van der Waals surface area contributed by atoms with Gasteiger partial charge in [-0.05, 0) is 50.3 Å². The van der Waals surface area contributed by atoms with E-state index in [0.717, 1.165) is 25.7 Å². The van der Waals surface area contributed by atoms with Crippen molar-refractivity contribution >= 4 is 0 Å². The topological polar surface area (TPSA) is 38.5 Å². The van der Waals surface area contributed by atoms with Gasteiger partial charge in [0.05, 0.1) is 6.61 Å². The van der Waals surface area contributed by atoms with E-state index in [1.54, 1.807) is 0 Å². The molecule has 0 saturated carbocycles. The number of rotatable bonds is 5. The fraction of sp³-hybridized carbons (Fsp3) is 0.667. The second kappa shape index (κ2) is 7.39. The van der Waals surface area contributed by atoms with Crippen LogP contribution in [0.1, 0.15) is 24.8 Å². The molecule has 21 heavy (non-hydrogen) atoms. The molecule has 3 nitrogen and oxygen atoms in total. The molecule has 2 unspecified atom stereocenters. The van der Waals surface area contributed by atoms with Crippen LogP contribution in [0.2, 0.25) is 0 Å². The predicted octanol–water partition coefficient (Wildman–Crippen LogP) is 2.30. The van der Waals surface area contributed by atoms with Gasteiger partial charge in [-0.2, -0.15) is 0 Å². The Morgan fingerprint density at radius 2 is 1.90 bits per heavy atom. The van der Waals surface area contributed by atoms with Crippen molar-refractivity contribution < 1.29 is 4.74 Å². The fourth-order valence-corrected chi connectivity index (χ4v) is 3.93. The summed E-state index contributed by atoms with van der Waals surface area (Å²) in [5.41, 5.74) is 7.53. The van der Waals surface area contributed by atoms with Gasteiger partial charge in [0, 0.05) is 25.1 Å². The maximum atomic E-state index is 6.04. The smallest absolute Gasteiger partial charge is 0.0510 e. The van der Waals surface area contributed by atoms with E-state index in [1.807, 2.05) is 0 Å². The van der Waals surface area contributed by atoms with Crippen molar-refractivity contribution in [2.45, 2.75) is 31.7 Å². The second-order valence-electron chi connectivity index (χ2n) is 6.60. The second-order valence-corrected chi connectivity index (χ2v) is 6.60. The molecule has 2 atom stereocenters. The van der Waals surface area contributed by atoms with Gasteiger partial charge in [0.25, 0.3) is 0 Å².